The predicted molar refractivity (Wildman–Crippen MR) is 179 cm³/mol. The summed E-state index contributed by atoms with van der Waals surface area (Å²) in [5, 5.41) is 10.3. The van der Waals surface area contributed by atoms with Gasteiger partial charge in [-0.05, 0) is 150 Å². The van der Waals surface area contributed by atoms with Crippen molar-refractivity contribution in [2.75, 3.05) is 33.3 Å². The molecule has 4 rings (SSSR count). The van der Waals surface area contributed by atoms with Crippen LogP contribution < -0.4 is 27.4 Å². The number of nitrogens with two attached hydrogens (primary N) is 2. The molecule has 4 saturated carbocycles. The Morgan fingerprint density at radius 1 is 0.955 bits per heavy atom. The lowest BCUT2D eigenvalue weighted by Crippen LogP contribution is -2.68. The first-order chi connectivity index (χ1) is 21.0. The highest BCUT2D eigenvalue weighted by molar-refractivity contribution is 5.84. The molecule has 0 aromatic carbocycles. The molecular formula is C36H67N5O3. The van der Waals surface area contributed by atoms with E-state index in [-0.39, 0.29) is 28.7 Å². The number of ether oxygens (including phenoxy) is 1. The van der Waals surface area contributed by atoms with Crippen molar-refractivity contribution < 1.29 is 14.3 Å². The summed E-state index contributed by atoms with van der Waals surface area (Å²) < 4.78 is 4.95. The molecular weight excluding hydrogens is 550 g/mol. The quantitative estimate of drug-likeness (QED) is 0.123. The summed E-state index contributed by atoms with van der Waals surface area (Å²) in [4.78, 5) is 25.1. The number of hydrogen-bond acceptors (Lipinski definition) is 7. The SMILES string of the molecule is CCC(C)[C@H](NC(=O)CCC[C@H]1CCC2C3CC[C@]4(N)C[C@@H](NCCCNCCCN)CC[C@]4(C)C3CC[C@@]21C)C(=O)OC. The van der Waals surface area contributed by atoms with Crippen LogP contribution in [-0.4, -0.2) is 62.8 Å². The first-order valence-corrected chi connectivity index (χ1v) is 18.3. The second-order valence-electron chi connectivity index (χ2n) is 15.8. The van der Waals surface area contributed by atoms with E-state index in [9.17, 15) is 9.59 Å². The van der Waals surface area contributed by atoms with Gasteiger partial charge in [-0.2, -0.15) is 0 Å². The first-order valence-electron chi connectivity index (χ1n) is 18.3. The van der Waals surface area contributed by atoms with Gasteiger partial charge in [-0.3, -0.25) is 4.79 Å². The van der Waals surface area contributed by atoms with Gasteiger partial charge in [0.2, 0.25) is 5.91 Å². The molecule has 0 bridgehead atoms. The fourth-order valence-electron chi connectivity index (χ4n) is 10.5. The van der Waals surface area contributed by atoms with Crippen molar-refractivity contribution in [3.63, 3.8) is 0 Å². The maximum atomic E-state index is 12.8. The van der Waals surface area contributed by atoms with Crippen LogP contribution in [0.4, 0.5) is 0 Å². The topological polar surface area (TPSA) is 132 Å². The first kappa shape index (κ1) is 35.6. The van der Waals surface area contributed by atoms with Gasteiger partial charge in [0.25, 0.3) is 0 Å². The van der Waals surface area contributed by atoms with Crippen LogP contribution in [0.15, 0.2) is 0 Å². The minimum Gasteiger partial charge on any atom is -0.467 e. The Bertz CT molecular complexity index is 949. The minimum atomic E-state index is -0.553. The Hall–Kier alpha value is -1.22. The van der Waals surface area contributed by atoms with Gasteiger partial charge >= 0.3 is 5.97 Å². The summed E-state index contributed by atoms with van der Waals surface area (Å²) in [5.41, 5.74) is 13.6. The van der Waals surface area contributed by atoms with Crippen molar-refractivity contribution >= 4 is 11.9 Å². The maximum absolute atomic E-state index is 12.8. The van der Waals surface area contributed by atoms with Crippen LogP contribution in [0.3, 0.4) is 0 Å². The summed E-state index contributed by atoms with van der Waals surface area (Å²) in [5.74, 6) is 2.72. The molecule has 1 amide bonds. The van der Waals surface area contributed by atoms with Crippen LogP contribution in [0, 0.1) is 40.4 Å². The second-order valence-corrected chi connectivity index (χ2v) is 15.8. The van der Waals surface area contributed by atoms with Gasteiger partial charge in [-0.15, -0.1) is 0 Å². The Balaban J connectivity index is 1.27. The van der Waals surface area contributed by atoms with Gasteiger partial charge in [-0.25, -0.2) is 4.79 Å². The molecule has 0 heterocycles. The lowest BCUT2D eigenvalue weighted by Gasteiger charge is -2.65. The van der Waals surface area contributed by atoms with Gasteiger partial charge in [0.1, 0.15) is 6.04 Å². The van der Waals surface area contributed by atoms with E-state index in [0.717, 1.165) is 82.5 Å². The average Bonchev–Trinajstić information content (AvgIpc) is 3.35. The van der Waals surface area contributed by atoms with E-state index in [1.54, 1.807) is 0 Å². The lowest BCUT2D eigenvalue weighted by atomic mass is 9.42. The molecule has 4 aliphatic rings. The lowest BCUT2D eigenvalue weighted by molar-refractivity contribution is -0.146. The van der Waals surface area contributed by atoms with Gasteiger partial charge in [0, 0.05) is 18.0 Å². The molecule has 10 atom stereocenters. The van der Waals surface area contributed by atoms with Gasteiger partial charge in [-0.1, -0.05) is 34.1 Å². The highest BCUT2D eigenvalue weighted by Gasteiger charge is 2.63. The zero-order valence-corrected chi connectivity index (χ0v) is 28.9. The number of nitrogens with one attached hydrogen (secondary N) is 3. The van der Waals surface area contributed by atoms with Crippen LogP contribution in [0.5, 0.6) is 0 Å². The summed E-state index contributed by atoms with van der Waals surface area (Å²) >= 11 is 0. The fraction of sp³-hybridized carbons (Fsp3) is 0.944. The van der Waals surface area contributed by atoms with Gasteiger partial charge < -0.3 is 32.2 Å². The number of methoxy groups -OCH3 is 1. The average molecular weight is 618 g/mol. The van der Waals surface area contributed by atoms with Gasteiger partial charge in [0.15, 0.2) is 0 Å². The zero-order chi connectivity index (χ0) is 32.0. The molecule has 4 unspecified atom stereocenters. The van der Waals surface area contributed by atoms with Crippen LogP contribution >= 0.6 is 0 Å². The molecule has 44 heavy (non-hydrogen) atoms. The van der Waals surface area contributed by atoms with Crippen LogP contribution in [0.2, 0.25) is 0 Å². The van der Waals surface area contributed by atoms with E-state index in [2.05, 4.69) is 29.8 Å². The number of amides is 1. The molecule has 0 radical (unpaired) electrons. The highest BCUT2D eigenvalue weighted by Crippen LogP contribution is 2.68. The number of fused-ring (bicyclic) bond motifs is 5. The smallest absolute Gasteiger partial charge is 0.328 e. The number of rotatable bonds is 16. The van der Waals surface area contributed by atoms with Crippen molar-refractivity contribution in [1.82, 2.24) is 16.0 Å². The second kappa shape index (κ2) is 15.6. The van der Waals surface area contributed by atoms with E-state index < -0.39 is 6.04 Å². The standard InChI is InChI=1S/C36H67N5O3/c1-6-25(2)32(33(43)44-5)41-31(42)11-7-10-26-12-13-29-28-15-19-36(38)24-27(40-23-9-22-39-21-8-20-37)14-18-35(36,4)30(28)16-17-34(26,29)3/h25-30,32,39-40H,6-24,37-38H2,1-5H3,(H,41,42)/t25?,26-,27-,28?,29?,30?,32-,34+,35+,36-/m0/s1. The Labute approximate surface area is 268 Å². The van der Waals surface area contributed by atoms with E-state index in [1.165, 1.54) is 58.5 Å². The monoisotopic (exact) mass is 618 g/mol. The number of carbonyl (C=O) groups excluding carboxylic acids is 2. The molecule has 0 aromatic rings. The van der Waals surface area contributed by atoms with Gasteiger partial charge in [0.05, 0.1) is 7.11 Å². The zero-order valence-electron chi connectivity index (χ0n) is 28.9. The van der Waals surface area contributed by atoms with E-state index in [4.69, 9.17) is 16.2 Å². The third kappa shape index (κ3) is 7.50. The molecule has 0 aromatic heterocycles. The predicted octanol–water partition coefficient (Wildman–Crippen LogP) is 4.89. The highest BCUT2D eigenvalue weighted by atomic mass is 16.5. The third-order valence-electron chi connectivity index (χ3n) is 13.6. The molecule has 7 N–H and O–H groups in total. The number of esters is 1. The number of hydrogen-bond donors (Lipinski definition) is 5. The van der Waals surface area contributed by atoms with Crippen molar-refractivity contribution in [2.24, 2.45) is 51.9 Å². The molecule has 4 aliphatic carbocycles. The molecule has 0 spiro atoms. The molecule has 254 valence electrons. The Kier molecular flexibility index (Phi) is 12.6. The van der Waals surface area contributed by atoms with Crippen LogP contribution in [0.1, 0.15) is 124 Å². The molecule has 0 aliphatic heterocycles. The van der Waals surface area contributed by atoms with Crippen LogP contribution in [-0.2, 0) is 14.3 Å². The Morgan fingerprint density at radius 2 is 1.73 bits per heavy atom. The number of carbonyl (C=O) groups is 2. The van der Waals surface area contributed by atoms with Crippen LogP contribution in [0.25, 0.3) is 0 Å². The summed E-state index contributed by atoms with van der Waals surface area (Å²) in [6.07, 6.45) is 16.8. The minimum absolute atomic E-state index is 0.0205. The molecule has 4 fully saturated rings. The van der Waals surface area contributed by atoms with E-state index in [0.29, 0.717) is 23.8 Å². The summed E-state index contributed by atoms with van der Waals surface area (Å²) in [6.45, 7) is 13.1. The summed E-state index contributed by atoms with van der Waals surface area (Å²) in [6, 6.07) is -0.00753. The van der Waals surface area contributed by atoms with Crippen molar-refractivity contribution in [1.29, 1.82) is 0 Å². The van der Waals surface area contributed by atoms with E-state index >= 15 is 0 Å². The van der Waals surface area contributed by atoms with Crippen molar-refractivity contribution in [3.8, 4) is 0 Å². The normalized spacial score (nSPS) is 37.8. The fourth-order valence-corrected chi connectivity index (χ4v) is 10.5. The summed E-state index contributed by atoms with van der Waals surface area (Å²) in [7, 11) is 1.39. The third-order valence-corrected chi connectivity index (χ3v) is 13.6. The molecule has 8 nitrogen and oxygen atoms in total. The Morgan fingerprint density at radius 3 is 2.45 bits per heavy atom. The largest absolute Gasteiger partial charge is 0.467 e. The van der Waals surface area contributed by atoms with Crippen molar-refractivity contribution in [2.45, 2.75) is 142 Å². The van der Waals surface area contributed by atoms with E-state index in [1.807, 2.05) is 13.8 Å². The molecule has 8 heteroatoms. The van der Waals surface area contributed by atoms with Crippen molar-refractivity contribution in [3.05, 3.63) is 0 Å². The maximum Gasteiger partial charge on any atom is 0.328 e. The molecule has 0 saturated heterocycles.